The molecule has 0 radical (unpaired) electrons. The van der Waals surface area contributed by atoms with E-state index in [9.17, 15) is 18.0 Å². The van der Waals surface area contributed by atoms with E-state index in [0.29, 0.717) is 6.07 Å². The Labute approximate surface area is 87.9 Å². The normalized spacial score (nSPS) is 10.9. The van der Waals surface area contributed by atoms with E-state index in [1.165, 1.54) is 6.07 Å². The molecular weight excluding hydrogens is 231 g/mol. The van der Waals surface area contributed by atoms with Crippen molar-refractivity contribution in [3.63, 3.8) is 0 Å². The number of hydrogen-bond donors (Lipinski definition) is 0. The van der Waals surface area contributed by atoms with Crippen molar-refractivity contribution in [1.29, 1.82) is 5.26 Å². The molecule has 0 fully saturated rings. The zero-order chi connectivity index (χ0) is 11.6. The number of carbonyl (C=O) groups is 1. The predicted octanol–water partition coefficient (Wildman–Crippen LogP) is 2.96. The summed E-state index contributed by atoms with van der Waals surface area (Å²) in [6, 6.07) is 3.77. The molecule has 0 N–H and O–H groups in total. The quantitative estimate of drug-likeness (QED) is 0.700. The van der Waals surface area contributed by atoms with E-state index in [4.69, 9.17) is 16.9 Å². The Morgan fingerprint density at radius 1 is 1.40 bits per heavy atom. The Morgan fingerprint density at radius 3 is 2.40 bits per heavy atom. The van der Waals surface area contributed by atoms with Crippen LogP contribution in [-0.2, 0) is 6.18 Å². The summed E-state index contributed by atoms with van der Waals surface area (Å²) in [6.07, 6.45) is -4.61. The van der Waals surface area contributed by atoms with Crippen LogP contribution in [0.5, 0.6) is 0 Å². The Morgan fingerprint density at radius 2 is 2.00 bits per heavy atom. The molecule has 0 amide bonds. The molecule has 1 aromatic carbocycles. The third-order valence-electron chi connectivity index (χ3n) is 1.67. The first-order valence-corrected chi connectivity index (χ1v) is 4.05. The minimum atomic E-state index is -4.61. The van der Waals surface area contributed by atoms with E-state index in [-0.39, 0.29) is 5.56 Å². The minimum absolute atomic E-state index is 0.138. The van der Waals surface area contributed by atoms with E-state index < -0.39 is 22.5 Å². The lowest BCUT2D eigenvalue weighted by atomic mass is 10.1. The molecule has 0 bridgehead atoms. The third-order valence-corrected chi connectivity index (χ3v) is 1.89. The van der Waals surface area contributed by atoms with Crippen LogP contribution in [0.25, 0.3) is 0 Å². The maximum absolute atomic E-state index is 12.3. The van der Waals surface area contributed by atoms with Gasteiger partial charge in [0.15, 0.2) is 0 Å². The van der Waals surface area contributed by atoms with E-state index in [0.717, 1.165) is 12.1 Å². The first kappa shape index (κ1) is 11.5. The Bertz CT molecular complexity index is 448. The Balaban J connectivity index is 3.36. The van der Waals surface area contributed by atoms with E-state index >= 15 is 0 Å². The molecule has 0 aliphatic carbocycles. The van der Waals surface area contributed by atoms with Gasteiger partial charge in [-0.3, -0.25) is 4.79 Å². The summed E-state index contributed by atoms with van der Waals surface area (Å²) in [5.74, 6) is 0. The number of rotatable bonds is 1. The molecule has 0 unspecified atom stereocenters. The maximum Gasteiger partial charge on any atom is 0.417 e. The lowest BCUT2D eigenvalue weighted by Gasteiger charge is -2.08. The van der Waals surface area contributed by atoms with Crippen LogP contribution < -0.4 is 0 Å². The fraction of sp³-hybridized carbons (Fsp3) is 0.111. The van der Waals surface area contributed by atoms with Gasteiger partial charge in [0, 0.05) is 5.56 Å². The topological polar surface area (TPSA) is 40.9 Å². The lowest BCUT2D eigenvalue weighted by Crippen LogP contribution is -2.08. The molecule has 0 aromatic heterocycles. The van der Waals surface area contributed by atoms with Crippen LogP contribution in [-0.4, -0.2) is 5.24 Å². The summed E-state index contributed by atoms with van der Waals surface area (Å²) < 4.78 is 36.9. The predicted molar refractivity (Wildman–Crippen MR) is 46.3 cm³/mol. The molecule has 1 aromatic rings. The van der Waals surface area contributed by atoms with Crippen molar-refractivity contribution in [3.8, 4) is 6.07 Å². The van der Waals surface area contributed by atoms with Crippen LogP contribution in [0.4, 0.5) is 13.2 Å². The first-order chi connectivity index (χ1) is 6.86. The highest BCUT2D eigenvalue weighted by Crippen LogP contribution is 2.32. The maximum atomic E-state index is 12.3. The zero-order valence-electron chi connectivity index (χ0n) is 7.10. The number of halogens is 4. The largest absolute Gasteiger partial charge is 0.417 e. The zero-order valence-corrected chi connectivity index (χ0v) is 7.86. The summed E-state index contributed by atoms with van der Waals surface area (Å²) in [5.41, 5.74) is -1.83. The minimum Gasteiger partial charge on any atom is -0.276 e. The standard InChI is InChI=1S/C9H3ClF3NO/c10-8(15)5-1-2-7(9(11,12)13)6(3-5)4-14/h1-3H. The monoisotopic (exact) mass is 233 g/mol. The van der Waals surface area contributed by atoms with Gasteiger partial charge in [0.25, 0.3) is 5.24 Å². The summed E-state index contributed by atoms with van der Waals surface area (Å²) in [6.45, 7) is 0. The van der Waals surface area contributed by atoms with Crippen LogP contribution in [0.1, 0.15) is 21.5 Å². The number of benzene rings is 1. The van der Waals surface area contributed by atoms with Crippen LogP contribution in [0.2, 0.25) is 0 Å². The molecule has 15 heavy (non-hydrogen) atoms. The van der Waals surface area contributed by atoms with Gasteiger partial charge in [-0.1, -0.05) is 0 Å². The highest BCUT2D eigenvalue weighted by Gasteiger charge is 2.33. The Kier molecular flexibility index (Phi) is 3.01. The van der Waals surface area contributed by atoms with Gasteiger partial charge in [0.2, 0.25) is 0 Å². The smallest absolute Gasteiger partial charge is 0.276 e. The third kappa shape index (κ3) is 2.48. The van der Waals surface area contributed by atoms with Crippen LogP contribution in [0.15, 0.2) is 18.2 Å². The molecule has 6 heteroatoms. The van der Waals surface area contributed by atoms with Gasteiger partial charge in [-0.25, -0.2) is 0 Å². The van der Waals surface area contributed by atoms with Gasteiger partial charge in [-0.15, -0.1) is 0 Å². The van der Waals surface area contributed by atoms with Crippen molar-refractivity contribution in [2.24, 2.45) is 0 Å². The molecule has 0 spiro atoms. The van der Waals surface area contributed by atoms with Crippen molar-refractivity contribution in [2.45, 2.75) is 6.18 Å². The molecular formula is C9H3ClF3NO. The number of alkyl halides is 3. The fourth-order valence-electron chi connectivity index (χ4n) is 1.01. The van der Waals surface area contributed by atoms with Crippen LogP contribution >= 0.6 is 11.6 Å². The first-order valence-electron chi connectivity index (χ1n) is 3.67. The van der Waals surface area contributed by atoms with Crippen molar-refractivity contribution in [1.82, 2.24) is 0 Å². The Hall–Kier alpha value is -1.54. The number of nitriles is 1. The second-order valence-electron chi connectivity index (χ2n) is 2.64. The van der Waals surface area contributed by atoms with Gasteiger partial charge in [0.1, 0.15) is 0 Å². The van der Waals surface area contributed by atoms with Crippen molar-refractivity contribution < 1.29 is 18.0 Å². The average molecular weight is 234 g/mol. The molecule has 78 valence electrons. The van der Waals surface area contributed by atoms with Crippen LogP contribution in [0.3, 0.4) is 0 Å². The molecule has 0 saturated carbocycles. The van der Waals surface area contributed by atoms with Gasteiger partial charge in [-0.05, 0) is 29.8 Å². The average Bonchev–Trinajstić information content (AvgIpc) is 2.15. The number of carbonyl (C=O) groups excluding carboxylic acids is 1. The number of nitrogens with zero attached hydrogens (tertiary/aromatic N) is 1. The van der Waals surface area contributed by atoms with Crippen molar-refractivity contribution in [2.75, 3.05) is 0 Å². The summed E-state index contributed by atoms with van der Waals surface area (Å²) >= 11 is 5.07. The van der Waals surface area contributed by atoms with Gasteiger partial charge < -0.3 is 0 Å². The lowest BCUT2D eigenvalue weighted by molar-refractivity contribution is -0.137. The van der Waals surface area contributed by atoms with Crippen molar-refractivity contribution in [3.05, 3.63) is 34.9 Å². The summed E-state index contributed by atoms with van der Waals surface area (Å²) in [5, 5.41) is 7.58. The second-order valence-corrected chi connectivity index (χ2v) is 2.99. The van der Waals surface area contributed by atoms with Gasteiger partial charge >= 0.3 is 6.18 Å². The molecule has 0 aliphatic rings. The van der Waals surface area contributed by atoms with E-state index in [1.54, 1.807) is 0 Å². The summed E-state index contributed by atoms with van der Waals surface area (Å²) in [4.78, 5) is 10.6. The van der Waals surface area contributed by atoms with Crippen molar-refractivity contribution >= 4 is 16.8 Å². The molecule has 1 rings (SSSR count). The van der Waals surface area contributed by atoms with E-state index in [1.807, 2.05) is 0 Å². The van der Waals surface area contributed by atoms with E-state index in [2.05, 4.69) is 0 Å². The molecule has 0 heterocycles. The molecule has 2 nitrogen and oxygen atoms in total. The highest BCUT2D eigenvalue weighted by atomic mass is 35.5. The van der Waals surface area contributed by atoms with Crippen LogP contribution in [0, 0.1) is 11.3 Å². The highest BCUT2D eigenvalue weighted by molar-refractivity contribution is 6.67. The molecule has 0 saturated heterocycles. The molecule has 0 atom stereocenters. The van der Waals surface area contributed by atoms with Gasteiger partial charge in [0.05, 0.1) is 17.2 Å². The fourth-order valence-corrected chi connectivity index (χ4v) is 1.12. The van der Waals surface area contributed by atoms with Gasteiger partial charge in [-0.2, -0.15) is 18.4 Å². The second kappa shape index (κ2) is 3.91. The number of hydrogen-bond acceptors (Lipinski definition) is 2. The SMILES string of the molecule is N#Cc1cc(C(=O)Cl)ccc1C(F)(F)F. The summed E-state index contributed by atoms with van der Waals surface area (Å²) in [7, 11) is 0. The molecule has 0 aliphatic heterocycles.